The van der Waals surface area contributed by atoms with Crippen LogP contribution in [-0.2, 0) is 15.8 Å². The van der Waals surface area contributed by atoms with Gasteiger partial charge >= 0.3 is 0 Å². The van der Waals surface area contributed by atoms with E-state index >= 15 is 0 Å². The molecule has 4 nitrogen and oxygen atoms in total. The van der Waals surface area contributed by atoms with E-state index in [2.05, 4.69) is 9.62 Å². The van der Waals surface area contributed by atoms with E-state index in [1.54, 1.807) is 0 Å². The minimum atomic E-state index is -3.79. The Kier molecular flexibility index (Phi) is 5.75. The fourth-order valence-electron chi connectivity index (χ4n) is 3.36. The average molecular weight is 346 g/mol. The number of nitrogens with zero attached hydrogens (tertiary/aromatic N) is 1. The summed E-state index contributed by atoms with van der Waals surface area (Å²) in [6, 6.07) is 3.36. The normalized spacial score (nSPS) is 17.8. The Morgan fingerprint density at radius 2 is 1.74 bits per heavy atom. The van der Waals surface area contributed by atoms with Crippen molar-refractivity contribution in [2.75, 3.05) is 27.2 Å². The standard InChI is InChI=1S/C16H24F2N2O2S/c1-20(2)12-16(8-3-4-9-16)11-19-23(21,22)10-13-14(17)6-5-7-15(13)18/h5-7,19H,3-4,8-12H2,1-2H3. The lowest BCUT2D eigenvalue weighted by Gasteiger charge is -2.32. The maximum absolute atomic E-state index is 13.6. The zero-order valence-corrected chi connectivity index (χ0v) is 14.4. The van der Waals surface area contributed by atoms with Crippen molar-refractivity contribution in [3.63, 3.8) is 0 Å². The van der Waals surface area contributed by atoms with Gasteiger partial charge in [0.15, 0.2) is 0 Å². The summed E-state index contributed by atoms with van der Waals surface area (Å²) < 4.78 is 54.3. The minimum absolute atomic E-state index is 0.0929. The highest BCUT2D eigenvalue weighted by molar-refractivity contribution is 7.88. The summed E-state index contributed by atoms with van der Waals surface area (Å²) in [5, 5.41) is 0. The molecule has 1 fully saturated rings. The van der Waals surface area contributed by atoms with Crippen molar-refractivity contribution in [1.82, 2.24) is 9.62 Å². The molecule has 0 bridgehead atoms. The van der Waals surface area contributed by atoms with Crippen molar-refractivity contribution in [1.29, 1.82) is 0 Å². The SMILES string of the molecule is CN(C)CC1(CNS(=O)(=O)Cc2c(F)cccc2F)CCCC1. The first-order valence-corrected chi connectivity index (χ1v) is 9.43. The smallest absolute Gasteiger partial charge is 0.216 e. The molecule has 1 aliphatic carbocycles. The third-order valence-corrected chi connectivity index (χ3v) is 5.63. The molecule has 2 rings (SSSR count). The van der Waals surface area contributed by atoms with Gasteiger partial charge in [-0.05, 0) is 44.5 Å². The molecule has 0 aliphatic heterocycles. The molecule has 0 radical (unpaired) electrons. The van der Waals surface area contributed by atoms with Crippen molar-refractivity contribution in [3.8, 4) is 0 Å². The number of halogens is 2. The van der Waals surface area contributed by atoms with Gasteiger partial charge < -0.3 is 4.90 Å². The second kappa shape index (κ2) is 7.23. The Morgan fingerprint density at radius 1 is 1.17 bits per heavy atom. The fraction of sp³-hybridized carbons (Fsp3) is 0.625. The summed E-state index contributed by atoms with van der Waals surface area (Å²) in [5.41, 5.74) is -0.502. The Labute approximate surface area is 136 Å². The largest absolute Gasteiger partial charge is 0.309 e. The Morgan fingerprint density at radius 3 is 2.26 bits per heavy atom. The van der Waals surface area contributed by atoms with Gasteiger partial charge in [-0.2, -0.15) is 0 Å². The zero-order chi connectivity index (χ0) is 17.1. The first-order chi connectivity index (χ1) is 10.7. The van der Waals surface area contributed by atoms with Gasteiger partial charge in [-0.15, -0.1) is 0 Å². The molecule has 0 atom stereocenters. The minimum Gasteiger partial charge on any atom is -0.309 e. The maximum Gasteiger partial charge on any atom is 0.216 e. The highest BCUT2D eigenvalue weighted by Crippen LogP contribution is 2.38. The predicted octanol–water partition coefficient (Wildman–Crippen LogP) is 2.51. The van der Waals surface area contributed by atoms with Crippen LogP contribution in [0.2, 0.25) is 0 Å². The van der Waals surface area contributed by atoms with Crippen LogP contribution in [0.5, 0.6) is 0 Å². The topological polar surface area (TPSA) is 49.4 Å². The van der Waals surface area contributed by atoms with Crippen molar-refractivity contribution in [2.24, 2.45) is 5.41 Å². The fourth-order valence-corrected chi connectivity index (χ4v) is 4.64. The van der Waals surface area contributed by atoms with Gasteiger partial charge in [0.1, 0.15) is 11.6 Å². The van der Waals surface area contributed by atoms with Crippen molar-refractivity contribution in [3.05, 3.63) is 35.4 Å². The average Bonchev–Trinajstić information content (AvgIpc) is 2.89. The van der Waals surface area contributed by atoms with Gasteiger partial charge in [0.2, 0.25) is 10.0 Å². The monoisotopic (exact) mass is 346 g/mol. The molecule has 130 valence electrons. The van der Waals surface area contributed by atoms with Crippen LogP contribution in [0.15, 0.2) is 18.2 Å². The molecule has 1 aliphatic rings. The molecule has 1 aromatic carbocycles. The molecule has 1 N–H and O–H groups in total. The molecule has 23 heavy (non-hydrogen) atoms. The van der Waals surface area contributed by atoms with E-state index in [1.165, 1.54) is 6.07 Å². The van der Waals surface area contributed by atoms with Crippen LogP contribution in [0.4, 0.5) is 8.78 Å². The predicted molar refractivity (Wildman–Crippen MR) is 86.4 cm³/mol. The third-order valence-electron chi connectivity index (χ3n) is 4.38. The van der Waals surface area contributed by atoms with Crippen LogP contribution < -0.4 is 4.72 Å². The highest BCUT2D eigenvalue weighted by atomic mass is 32.2. The van der Waals surface area contributed by atoms with Crippen LogP contribution in [0.1, 0.15) is 31.2 Å². The maximum atomic E-state index is 13.6. The Hall–Kier alpha value is -1.05. The van der Waals surface area contributed by atoms with Gasteiger partial charge in [-0.3, -0.25) is 0 Å². The van der Waals surface area contributed by atoms with E-state index in [0.717, 1.165) is 44.4 Å². The highest BCUT2D eigenvalue weighted by Gasteiger charge is 2.35. The molecule has 0 saturated heterocycles. The van der Waals surface area contributed by atoms with Gasteiger partial charge in [-0.1, -0.05) is 18.9 Å². The summed E-state index contributed by atoms with van der Waals surface area (Å²) in [6.45, 7) is 1.10. The molecular formula is C16H24F2N2O2S. The number of rotatable bonds is 7. The summed E-state index contributed by atoms with van der Waals surface area (Å²) in [6.07, 6.45) is 4.08. The third kappa shape index (κ3) is 4.96. The molecule has 0 heterocycles. The van der Waals surface area contributed by atoms with E-state index < -0.39 is 33.0 Å². The van der Waals surface area contributed by atoms with Crippen LogP contribution in [-0.4, -0.2) is 40.5 Å². The molecule has 1 saturated carbocycles. The number of hydrogen-bond donors (Lipinski definition) is 1. The van der Waals surface area contributed by atoms with E-state index in [0.29, 0.717) is 6.54 Å². The molecule has 7 heteroatoms. The van der Waals surface area contributed by atoms with E-state index in [1.807, 2.05) is 14.1 Å². The van der Waals surface area contributed by atoms with Gasteiger partial charge in [0.25, 0.3) is 0 Å². The van der Waals surface area contributed by atoms with Crippen molar-refractivity contribution < 1.29 is 17.2 Å². The van der Waals surface area contributed by atoms with Gasteiger partial charge in [-0.25, -0.2) is 21.9 Å². The first-order valence-electron chi connectivity index (χ1n) is 7.78. The summed E-state index contributed by atoms with van der Waals surface area (Å²) in [5.74, 6) is -2.35. The van der Waals surface area contributed by atoms with Crippen LogP contribution in [0.25, 0.3) is 0 Å². The molecule has 0 aromatic heterocycles. The summed E-state index contributed by atoms with van der Waals surface area (Å²) in [7, 11) is 0.134. The lowest BCUT2D eigenvalue weighted by atomic mass is 9.86. The van der Waals surface area contributed by atoms with E-state index in [9.17, 15) is 17.2 Å². The lowest BCUT2D eigenvalue weighted by molar-refractivity contribution is 0.204. The molecule has 0 amide bonds. The van der Waals surface area contributed by atoms with Crippen LogP contribution in [0, 0.1) is 17.0 Å². The molecule has 0 spiro atoms. The van der Waals surface area contributed by atoms with Crippen molar-refractivity contribution >= 4 is 10.0 Å². The first kappa shape index (κ1) is 18.3. The zero-order valence-electron chi connectivity index (χ0n) is 13.6. The number of hydrogen-bond acceptors (Lipinski definition) is 3. The van der Waals surface area contributed by atoms with Gasteiger partial charge in [0, 0.05) is 18.7 Å². The molecule has 0 unspecified atom stereocenters. The number of nitrogens with one attached hydrogen (secondary N) is 1. The van der Waals surface area contributed by atoms with E-state index in [-0.39, 0.29) is 5.41 Å². The molecule has 1 aromatic rings. The Bertz CT molecular complexity index is 621. The van der Waals surface area contributed by atoms with E-state index in [4.69, 9.17) is 0 Å². The summed E-state index contributed by atoms with van der Waals surface area (Å²) in [4.78, 5) is 2.05. The number of benzene rings is 1. The van der Waals surface area contributed by atoms with Crippen LogP contribution >= 0.6 is 0 Å². The van der Waals surface area contributed by atoms with Crippen molar-refractivity contribution in [2.45, 2.75) is 31.4 Å². The second-order valence-corrected chi connectivity index (χ2v) is 8.53. The summed E-state index contributed by atoms with van der Waals surface area (Å²) >= 11 is 0. The quantitative estimate of drug-likeness (QED) is 0.825. The number of sulfonamides is 1. The Balaban J connectivity index is 2.06. The van der Waals surface area contributed by atoms with Crippen LogP contribution in [0.3, 0.4) is 0 Å². The lowest BCUT2D eigenvalue weighted by Crippen LogP contribution is -2.42. The second-order valence-electron chi connectivity index (χ2n) is 6.73. The molecular weight excluding hydrogens is 322 g/mol. The van der Waals surface area contributed by atoms with Gasteiger partial charge in [0.05, 0.1) is 5.75 Å².